The van der Waals surface area contributed by atoms with E-state index in [1.165, 1.54) is 0 Å². The van der Waals surface area contributed by atoms with Gasteiger partial charge in [-0.25, -0.2) is 0 Å². The van der Waals surface area contributed by atoms with E-state index in [1.807, 2.05) is 0 Å². The molecule has 0 aliphatic rings. The SMILES string of the molecule is Cc1ccccc1C(OC(F)(F)F)(c1ccccc1)c1ccccc1. The fourth-order valence-electron chi connectivity index (χ4n) is 3.14. The third-order valence-electron chi connectivity index (χ3n) is 4.15. The molecule has 0 fully saturated rings. The lowest BCUT2D eigenvalue weighted by Crippen LogP contribution is -2.38. The van der Waals surface area contributed by atoms with E-state index >= 15 is 0 Å². The van der Waals surface area contributed by atoms with Crippen LogP contribution in [0, 0.1) is 6.92 Å². The van der Waals surface area contributed by atoms with Gasteiger partial charge >= 0.3 is 6.36 Å². The van der Waals surface area contributed by atoms with Crippen LogP contribution in [0.2, 0.25) is 0 Å². The Balaban J connectivity index is 2.38. The number of halogens is 3. The standard InChI is InChI=1S/C21H17F3O/c1-16-10-8-9-15-19(16)20(25-21(22,23)24,17-11-4-2-5-12-17)18-13-6-3-7-14-18/h2-15H,1H3. The lowest BCUT2D eigenvalue weighted by molar-refractivity contribution is -0.356. The van der Waals surface area contributed by atoms with Crippen molar-refractivity contribution < 1.29 is 17.9 Å². The van der Waals surface area contributed by atoms with Crippen molar-refractivity contribution in [1.82, 2.24) is 0 Å². The molecule has 3 rings (SSSR count). The van der Waals surface area contributed by atoms with Crippen molar-refractivity contribution in [3.63, 3.8) is 0 Å². The quantitative estimate of drug-likeness (QED) is 0.543. The molecule has 4 heteroatoms. The van der Waals surface area contributed by atoms with Crippen molar-refractivity contribution in [1.29, 1.82) is 0 Å². The van der Waals surface area contributed by atoms with Gasteiger partial charge in [0.2, 0.25) is 0 Å². The van der Waals surface area contributed by atoms with Gasteiger partial charge in [-0.05, 0) is 29.2 Å². The van der Waals surface area contributed by atoms with Gasteiger partial charge < -0.3 is 0 Å². The first-order valence-corrected chi connectivity index (χ1v) is 7.87. The van der Waals surface area contributed by atoms with Crippen LogP contribution in [0.3, 0.4) is 0 Å². The molecule has 0 aliphatic heterocycles. The number of rotatable bonds is 4. The molecular weight excluding hydrogens is 325 g/mol. The minimum absolute atomic E-state index is 0.424. The maximum Gasteiger partial charge on any atom is 0.524 e. The number of alkyl halides is 3. The van der Waals surface area contributed by atoms with Gasteiger partial charge in [-0.3, -0.25) is 4.74 Å². The van der Waals surface area contributed by atoms with E-state index in [0.29, 0.717) is 16.7 Å². The van der Waals surface area contributed by atoms with E-state index in [-0.39, 0.29) is 0 Å². The number of aryl methyl sites for hydroxylation is 1. The maximum atomic E-state index is 13.5. The van der Waals surface area contributed by atoms with E-state index in [1.54, 1.807) is 91.9 Å². The molecule has 0 N–H and O–H groups in total. The van der Waals surface area contributed by atoms with E-state index in [0.717, 1.165) is 5.56 Å². The Hall–Kier alpha value is -2.59. The molecule has 0 saturated heterocycles. The van der Waals surface area contributed by atoms with Crippen molar-refractivity contribution in [3.8, 4) is 0 Å². The highest BCUT2D eigenvalue weighted by Gasteiger charge is 2.48. The highest BCUT2D eigenvalue weighted by Crippen LogP contribution is 2.45. The van der Waals surface area contributed by atoms with Crippen LogP contribution in [0.4, 0.5) is 13.2 Å². The minimum atomic E-state index is -4.81. The van der Waals surface area contributed by atoms with Crippen molar-refractivity contribution >= 4 is 0 Å². The number of hydrogen-bond acceptors (Lipinski definition) is 1. The summed E-state index contributed by atoms with van der Waals surface area (Å²) in [7, 11) is 0. The van der Waals surface area contributed by atoms with Crippen LogP contribution in [0.15, 0.2) is 84.9 Å². The van der Waals surface area contributed by atoms with Gasteiger partial charge in [-0.2, -0.15) is 0 Å². The topological polar surface area (TPSA) is 9.23 Å². The molecule has 0 aromatic heterocycles. The average molecular weight is 342 g/mol. The van der Waals surface area contributed by atoms with E-state index < -0.39 is 12.0 Å². The van der Waals surface area contributed by atoms with E-state index in [2.05, 4.69) is 0 Å². The Labute approximate surface area is 144 Å². The number of benzene rings is 3. The molecule has 0 amide bonds. The van der Waals surface area contributed by atoms with Crippen molar-refractivity contribution in [2.45, 2.75) is 18.9 Å². The van der Waals surface area contributed by atoms with Crippen molar-refractivity contribution in [2.24, 2.45) is 0 Å². The van der Waals surface area contributed by atoms with Gasteiger partial charge in [0.25, 0.3) is 0 Å². The Kier molecular flexibility index (Phi) is 4.64. The monoisotopic (exact) mass is 342 g/mol. The third kappa shape index (κ3) is 3.44. The number of ether oxygens (including phenoxy) is 1. The van der Waals surface area contributed by atoms with Crippen molar-refractivity contribution in [3.05, 3.63) is 107 Å². The lowest BCUT2D eigenvalue weighted by atomic mass is 9.78. The Morgan fingerprint density at radius 3 is 1.52 bits per heavy atom. The van der Waals surface area contributed by atoms with Gasteiger partial charge in [0.1, 0.15) is 0 Å². The predicted octanol–water partition coefficient (Wildman–Crippen LogP) is 5.82. The zero-order valence-electron chi connectivity index (χ0n) is 13.6. The molecule has 0 aliphatic carbocycles. The molecular formula is C21H17F3O. The summed E-state index contributed by atoms with van der Waals surface area (Å²) in [4.78, 5) is 0. The fraction of sp³-hybridized carbons (Fsp3) is 0.143. The summed E-state index contributed by atoms with van der Waals surface area (Å²) in [6, 6.07) is 24.0. The van der Waals surface area contributed by atoms with Crippen molar-refractivity contribution in [2.75, 3.05) is 0 Å². The average Bonchev–Trinajstić information content (AvgIpc) is 2.61. The van der Waals surface area contributed by atoms with Crippen LogP contribution in [0.25, 0.3) is 0 Å². The molecule has 128 valence electrons. The summed E-state index contributed by atoms with van der Waals surface area (Å²) >= 11 is 0. The van der Waals surface area contributed by atoms with E-state index in [9.17, 15) is 13.2 Å². The smallest absolute Gasteiger partial charge is 0.271 e. The maximum absolute atomic E-state index is 13.5. The fourth-order valence-corrected chi connectivity index (χ4v) is 3.14. The zero-order chi connectivity index (χ0) is 17.9. The normalized spacial score (nSPS) is 12.2. The van der Waals surface area contributed by atoms with Gasteiger partial charge in [0.15, 0.2) is 5.60 Å². The molecule has 0 radical (unpaired) electrons. The molecule has 25 heavy (non-hydrogen) atoms. The molecule has 0 unspecified atom stereocenters. The molecule has 0 saturated carbocycles. The largest absolute Gasteiger partial charge is 0.524 e. The summed E-state index contributed by atoms with van der Waals surface area (Å²) in [6.45, 7) is 1.79. The third-order valence-corrected chi connectivity index (χ3v) is 4.15. The highest BCUT2D eigenvalue weighted by molar-refractivity contribution is 5.50. The summed E-state index contributed by atoms with van der Waals surface area (Å²) < 4.78 is 45.4. The van der Waals surface area contributed by atoms with Crippen LogP contribution in [0.1, 0.15) is 22.3 Å². The summed E-state index contributed by atoms with van der Waals surface area (Å²) in [5.74, 6) is 0. The van der Waals surface area contributed by atoms with Gasteiger partial charge in [0.05, 0.1) is 0 Å². The molecule has 0 spiro atoms. The summed E-state index contributed by atoms with van der Waals surface area (Å²) in [5, 5.41) is 0. The van der Waals surface area contributed by atoms with Crippen LogP contribution in [0.5, 0.6) is 0 Å². The molecule has 0 bridgehead atoms. The van der Waals surface area contributed by atoms with Crippen LogP contribution < -0.4 is 0 Å². The molecule has 0 atom stereocenters. The first-order chi connectivity index (χ1) is 11.9. The lowest BCUT2D eigenvalue weighted by Gasteiger charge is -2.37. The molecule has 1 nitrogen and oxygen atoms in total. The summed E-state index contributed by atoms with van der Waals surface area (Å²) in [5.41, 5.74) is 0.261. The minimum Gasteiger partial charge on any atom is -0.271 e. The van der Waals surface area contributed by atoms with Crippen LogP contribution >= 0.6 is 0 Å². The van der Waals surface area contributed by atoms with Crippen LogP contribution in [-0.4, -0.2) is 6.36 Å². The van der Waals surface area contributed by atoms with Gasteiger partial charge in [0, 0.05) is 0 Å². The van der Waals surface area contributed by atoms with Gasteiger partial charge in [-0.1, -0.05) is 84.9 Å². The second-order valence-electron chi connectivity index (χ2n) is 5.78. The van der Waals surface area contributed by atoms with Crippen LogP contribution in [-0.2, 0) is 10.3 Å². The van der Waals surface area contributed by atoms with E-state index in [4.69, 9.17) is 4.74 Å². The Morgan fingerprint density at radius 1 is 0.640 bits per heavy atom. The zero-order valence-corrected chi connectivity index (χ0v) is 13.6. The second-order valence-corrected chi connectivity index (χ2v) is 5.78. The Morgan fingerprint density at radius 2 is 1.08 bits per heavy atom. The Bertz CT molecular complexity index is 787. The second kappa shape index (κ2) is 6.73. The number of hydrogen-bond donors (Lipinski definition) is 0. The molecule has 0 heterocycles. The predicted molar refractivity (Wildman–Crippen MR) is 91.1 cm³/mol. The molecule has 3 aromatic carbocycles. The first-order valence-electron chi connectivity index (χ1n) is 7.87. The molecule has 3 aromatic rings. The van der Waals surface area contributed by atoms with Gasteiger partial charge in [-0.15, -0.1) is 13.2 Å². The first kappa shape index (κ1) is 17.2. The highest BCUT2D eigenvalue weighted by atomic mass is 19.4. The summed E-state index contributed by atoms with van der Waals surface area (Å²) in [6.07, 6.45) is -4.81.